The van der Waals surface area contributed by atoms with Crippen LogP contribution in [0, 0.1) is 10.1 Å². The third kappa shape index (κ3) is 3.54. The Balaban J connectivity index is 1.65. The molecule has 0 saturated carbocycles. The van der Waals surface area contributed by atoms with Crippen molar-refractivity contribution in [3.63, 3.8) is 0 Å². The standard InChI is InChI=1S/C14H10BrN5O3S/c15-10-7-9(20(22)23)4-5-11(10)16-13(21)8-24-14-18-17-12-3-1-2-6-19(12)14/h1-7H,8H2,(H,16,21). The molecule has 0 atom stereocenters. The van der Waals surface area contributed by atoms with Crippen molar-refractivity contribution < 1.29 is 9.72 Å². The van der Waals surface area contributed by atoms with Gasteiger partial charge in [0.1, 0.15) is 0 Å². The van der Waals surface area contributed by atoms with Gasteiger partial charge in [0.05, 0.1) is 16.4 Å². The number of halogens is 1. The number of hydrogen-bond donors (Lipinski definition) is 1. The fourth-order valence-corrected chi connectivity index (χ4v) is 3.14. The van der Waals surface area contributed by atoms with Gasteiger partial charge in [-0.2, -0.15) is 0 Å². The van der Waals surface area contributed by atoms with E-state index in [9.17, 15) is 14.9 Å². The molecule has 3 aromatic rings. The van der Waals surface area contributed by atoms with E-state index in [1.165, 1.54) is 30.0 Å². The molecule has 0 fully saturated rings. The number of nitro groups is 1. The number of fused-ring (bicyclic) bond motifs is 1. The minimum atomic E-state index is -0.497. The summed E-state index contributed by atoms with van der Waals surface area (Å²) in [4.78, 5) is 22.3. The molecule has 122 valence electrons. The number of nitrogens with zero attached hydrogens (tertiary/aromatic N) is 4. The van der Waals surface area contributed by atoms with Crippen LogP contribution in [0.5, 0.6) is 0 Å². The summed E-state index contributed by atoms with van der Waals surface area (Å²) in [6.45, 7) is 0. The number of amides is 1. The van der Waals surface area contributed by atoms with Gasteiger partial charge in [-0.25, -0.2) is 0 Å². The first kappa shape index (κ1) is 16.4. The first-order valence-electron chi connectivity index (χ1n) is 6.71. The van der Waals surface area contributed by atoms with Gasteiger partial charge in [-0.15, -0.1) is 10.2 Å². The SMILES string of the molecule is O=C(CSc1nnc2ccccn12)Nc1ccc([N+](=O)[O-])cc1Br. The van der Waals surface area contributed by atoms with E-state index in [0.29, 0.717) is 21.0 Å². The number of benzene rings is 1. The van der Waals surface area contributed by atoms with Crippen molar-refractivity contribution in [1.82, 2.24) is 14.6 Å². The number of carbonyl (C=O) groups excluding carboxylic acids is 1. The van der Waals surface area contributed by atoms with Crippen LogP contribution in [-0.4, -0.2) is 31.2 Å². The Morgan fingerprint density at radius 2 is 2.17 bits per heavy atom. The molecular formula is C14H10BrN5O3S. The van der Waals surface area contributed by atoms with Crippen LogP contribution in [0.15, 0.2) is 52.2 Å². The summed E-state index contributed by atoms with van der Waals surface area (Å²) in [6, 6.07) is 9.70. The molecule has 0 bridgehead atoms. The molecule has 0 radical (unpaired) electrons. The van der Waals surface area contributed by atoms with Gasteiger partial charge in [0.25, 0.3) is 5.69 Å². The zero-order valence-electron chi connectivity index (χ0n) is 12.0. The number of pyridine rings is 1. The maximum Gasteiger partial charge on any atom is 0.270 e. The van der Waals surface area contributed by atoms with Crippen molar-refractivity contribution in [1.29, 1.82) is 0 Å². The number of rotatable bonds is 5. The third-order valence-electron chi connectivity index (χ3n) is 3.05. The van der Waals surface area contributed by atoms with Gasteiger partial charge in [0.2, 0.25) is 5.91 Å². The lowest BCUT2D eigenvalue weighted by Gasteiger charge is -2.06. The van der Waals surface area contributed by atoms with E-state index in [2.05, 4.69) is 31.4 Å². The second-order valence-corrected chi connectivity index (χ2v) is 6.47. The van der Waals surface area contributed by atoms with Gasteiger partial charge in [-0.3, -0.25) is 19.3 Å². The lowest BCUT2D eigenvalue weighted by molar-refractivity contribution is -0.384. The summed E-state index contributed by atoms with van der Waals surface area (Å²) in [7, 11) is 0. The number of non-ortho nitro benzene ring substituents is 1. The molecule has 2 heterocycles. The predicted molar refractivity (Wildman–Crippen MR) is 93.1 cm³/mol. The lowest BCUT2D eigenvalue weighted by Crippen LogP contribution is -2.14. The Kier molecular flexibility index (Phi) is 4.76. The smallest absolute Gasteiger partial charge is 0.270 e. The molecule has 8 nitrogen and oxygen atoms in total. The van der Waals surface area contributed by atoms with Gasteiger partial charge >= 0.3 is 0 Å². The topological polar surface area (TPSA) is 102 Å². The maximum atomic E-state index is 12.1. The average Bonchev–Trinajstić information content (AvgIpc) is 2.98. The van der Waals surface area contributed by atoms with Crippen LogP contribution in [-0.2, 0) is 4.79 Å². The Labute approximate surface area is 148 Å². The van der Waals surface area contributed by atoms with E-state index in [1.807, 2.05) is 24.4 Å². The van der Waals surface area contributed by atoms with Crippen molar-refractivity contribution in [2.24, 2.45) is 0 Å². The number of nitrogens with one attached hydrogen (secondary N) is 1. The summed E-state index contributed by atoms with van der Waals surface area (Å²) in [6.07, 6.45) is 1.82. The maximum absolute atomic E-state index is 12.1. The predicted octanol–water partition coefficient (Wildman–Crippen LogP) is 3.13. The second kappa shape index (κ2) is 6.97. The van der Waals surface area contributed by atoms with Gasteiger partial charge < -0.3 is 5.32 Å². The van der Waals surface area contributed by atoms with Gasteiger partial charge in [-0.1, -0.05) is 17.8 Å². The highest BCUT2D eigenvalue weighted by atomic mass is 79.9. The molecule has 10 heteroatoms. The molecule has 0 aliphatic heterocycles. The van der Waals surface area contributed by atoms with Crippen LogP contribution >= 0.6 is 27.7 Å². The molecule has 0 saturated heterocycles. The zero-order chi connectivity index (χ0) is 17.1. The summed E-state index contributed by atoms with van der Waals surface area (Å²) < 4.78 is 2.24. The van der Waals surface area contributed by atoms with Crippen molar-refractivity contribution in [2.45, 2.75) is 5.16 Å². The molecule has 1 N–H and O–H groups in total. The number of carbonyl (C=O) groups is 1. The van der Waals surface area contributed by atoms with Gasteiger partial charge in [0, 0.05) is 22.8 Å². The molecule has 0 aliphatic rings. The van der Waals surface area contributed by atoms with E-state index in [4.69, 9.17) is 0 Å². The fourth-order valence-electron chi connectivity index (χ4n) is 1.95. The van der Waals surface area contributed by atoms with Crippen molar-refractivity contribution >= 4 is 50.6 Å². The number of aromatic nitrogens is 3. The summed E-state index contributed by atoms with van der Waals surface area (Å²) >= 11 is 4.47. The third-order valence-corrected chi connectivity index (χ3v) is 4.65. The van der Waals surface area contributed by atoms with Crippen molar-refractivity contribution in [3.05, 3.63) is 57.2 Å². The molecule has 0 aliphatic carbocycles. The molecule has 24 heavy (non-hydrogen) atoms. The van der Waals surface area contributed by atoms with E-state index >= 15 is 0 Å². The highest BCUT2D eigenvalue weighted by Crippen LogP contribution is 2.27. The zero-order valence-corrected chi connectivity index (χ0v) is 14.5. The van der Waals surface area contributed by atoms with Crippen LogP contribution in [0.3, 0.4) is 0 Å². The van der Waals surface area contributed by atoms with Gasteiger partial charge in [-0.05, 0) is 34.1 Å². The molecule has 1 amide bonds. The van der Waals surface area contributed by atoms with Crippen LogP contribution < -0.4 is 5.32 Å². The van der Waals surface area contributed by atoms with E-state index in [-0.39, 0.29) is 17.3 Å². The summed E-state index contributed by atoms with van der Waals surface area (Å²) in [5.74, 6) is -0.110. The first-order valence-corrected chi connectivity index (χ1v) is 8.49. The largest absolute Gasteiger partial charge is 0.324 e. The molecule has 0 unspecified atom stereocenters. The number of nitro benzene ring substituents is 1. The summed E-state index contributed by atoms with van der Waals surface area (Å²) in [5.41, 5.74) is 1.13. The fraction of sp³-hybridized carbons (Fsp3) is 0.0714. The average molecular weight is 408 g/mol. The number of hydrogen-bond acceptors (Lipinski definition) is 6. The van der Waals surface area contributed by atoms with Crippen molar-refractivity contribution in [3.8, 4) is 0 Å². The highest BCUT2D eigenvalue weighted by Gasteiger charge is 2.13. The van der Waals surface area contributed by atoms with Gasteiger partial charge in [0.15, 0.2) is 10.8 Å². The van der Waals surface area contributed by atoms with E-state index in [1.54, 1.807) is 4.40 Å². The van der Waals surface area contributed by atoms with Crippen molar-refractivity contribution in [2.75, 3.05) is 11.1 Å². The molecule has 0 spiro atoms. The van der Waals surface area contributed by atoms with Crippen LogP contribution in [0.25, 0.3) is 5.65 Å². The first-order chi connectivity index (χ1) is 11.5. The molecule has 2 aromatic heterocycles. The Hall–Kier alpha value is -2.46. The lowest BCUT2D eigenvalue weighted by atomic mass is 10.3. The molecular weight excluding hydrogens is 398 g/mol. The highest BCUT2D eigenvalue weighted by molar-refractivity contribution is 9.10. The Morgan fingerprint density at radius 3 is 2.92 bits per heavy atom. The summed E-state index contributed by atoms with van der Waals surface area (Å²) in [5, 5.41) is 22.1. The number of thioether (sulfide) groups is 1. The monoisotopic (exact) mass is 407 g/mol. The molecule has 1 aromatic carbocycles. The van der Waals surface area contributed by atoms with E-state index < -0.39 is 4.92 Å². The normalized spacial score (nSPS) is 10.7. The number of anilines is 1. The molecule has 3 rings (SSSR count). The second-order valence-electron chi connectivity index (χ2n) is 4.67. The minimum absolute atomic E-state index is 0.0517. The van der Waals surface area contributed by atoms with Crippen LogP contribution in [0.4, 0.5) is 11.4 Å². The Morgan fingerprint density at radius 1 is 1.33 bits per heavy atom. The quantitative estimate of drug-likeness (QED) is 0.395. The minimum Gasteiger partial charge on any atom is -0.324 e. The van der Waals surface area contributed by atoms with Crippen LogP contribution in [0.1, 0.15) is 0 Å². The van der Waals surface area contributed by atoms with E-state index in [0.717, 1.165) is 0 Å². The Bertz CT molecular complexity index is 930. The van der Waals surface area contributed by atoms with Crippen LogP contribution in [0.2, 0.25) is 0 Å².